The molecule has 0 spiro atoms. The maximum atomic E-state index is 11.2. The SMILES string of the molecule is C=C(Cl)CNC(=O)c1cccs1. The smallest absolute Gasteiger partial charge is 0.261 e. The lowest BCUT2D eigenvalue weighted by atomic mass is 10.4. The molecule has 0 saturated heterocycles. The van der Waals surface area contributed by atoms with E-state index >= 15 is 0 Å². The maximum Gasteiger partial charge on any atom is 0.261 e. The maximum absolute atomic E-state index is 11.2. The lowest BCUT2D eigenvalue weighted by molar-refractivity contribution is 0.0961. The first-order valence-electron chi connectivity index (χ1n) is 3.35. The molecule has 0 aliphatic carbocycles. The number of amides is 1. The number of hydrogen-bond donors (Lipinski definition) is 1. The predicted octanol–water partition coefficient (Wildman–Crippen LogP) is 2.23. The molecule has 1 aromatic rings. The van der Waals surface area contributed by atoms with Crippen molar-refractivity contribution in [3.05, 3.63) is 34.0 Å². The highest BCUT2D eigenvalue weighted by molar-refractivity contribution is 7.12. The van der Waals surface area contributed by atoms with Gasteiger partial charge in [-0.05, 0) is 11.4 Å². The summed E-state index contributed by atoms with van der Waals surface area (Å²) in [6.07, 6.45) is 0. The van der Waals surface area contributed by atoms with Gasteiger partial charge in [0, 0.05) is 5.03 Å². The van der Waals surface area contributed by atoms with Gasteiger partial charge < -0.3 is 5.32 Å². The van der Waals surface area contributed by atoms with Crippen LogP contribution >= 0.6 is 22.9 Å². The Kier molecular flexibility index (Phi) is 3.31. The van der Waals surface area contributed by atoms with Gasteiger partial charge in [-0.3, -0.25) is 4.79 Å². The predicted molar refractivity (Wildman–Crippen MR) is 51.6 cm³/mol. The molecule has 0 saturated carbocycles. The quantitative estimate of drug-likeness (QED) is 0.799. The van der Waals surface area contributed by atoms with Gasteiger partial charge in [0.05, 0.1) is 11.4 Å². The molecule has 1 N–H and O–H groups in total. The van der Waals surface area contributed by atoms with Crippen LogP contribution < -0.4 is 5.32 Å². The third kappa shape index (κ3) is 2.68. The number of rotatable bonds is 3. The molecule has 2 nitrogen and oxygen atoms in total. The summed E-state index contributed by atoms with van der Waals surface area (Å²) < 4.78 is 0. The summed E-state index contributed by atoms with van der Waals surface area (Å²) in [6.45, 7) is 3.78. The second-order valence-corrected chi connectivity index (χ2v) is 3.66. The number of nitrogens with one attached hydrogen (secondary N) is 1. The molecule has 0 unspecified atom stereocenters. The Bertz CT molecular complexity index is 281. The average molecular weight is 202 g/mol. The van der Waals surface area contributed by atoms with E-state index in [0.717, 1.165) is 0 Å². The van der Waals surface area contributed by atoms with Gasteiger partial charge >= 0.3 is 0 Å². The fourth-order valence-corrected chi connectivity index (χ4v) is 1.38. The van der Waals surface area contributed by atoms with Crippen molar-refractivity contribution in [1.82, 2.24) is 5.32 Å². The fraction of sp³-hybridized carbons (Fsp3) is 0.125. The fourth-order valence-electron chi connectivity index (χ4n) is 0.671. The van der Waals surface area contributed by atoms with Gasteiger partial charge in [0.25, 0.3) is 5.91 Å². The number of thiophene rings is 1. The van der Waals surface area contributed by atoms with Crippen LogP contribution in [-0.4, -0.2) is 12.5 Å². The van der Waals surface area contributed by atoms with E-state index in [1.165, 1.54) is 11.3 Å². The van der Waals surface area contributed by atoms with Crippen LogP contribution in [0, 0.1) is 0 Å². The minimum Gasteiger partial charge on any atom is -0.346 e. The zero-order chi connectivity index (χ0) is 8.97. The second-order valence-electron chi connectivity index (χ2n) is 2.18. The highest BCUT2D eigenvalue weighted by Crippen LogP contribution is 2.07. The number of carbonyl (C=O) groups is 1. The summed E-state index contributed by atoms with van der Waals surface area (Å²) in [5.74, 6) is -0.105. The van der Waals surface area contributed by atoms with Crippen molar-refractivity contribution in [2.45, 2.75) is 0 Å². The number of carbonyl (C=O) groups excluding carboxylic acids is 1. The third-order valence-corrected chi connectivity index (χ3v) is 2.19. The van der Waals surface area contributed by atoms with Crippen LogP contribution in [0.1, 0.15) is 9.67 Å². The largest absolute Gasteiger partial charge is 0.346 e. The van der Waals surface area contributed by atoms with Crippen LogP contribution in [0.2, 0.25) is 0 Å². The molecule has 1 rings (SSSR count). The molecule has 1 heterocycles. The van der Waals surface area contributed by atoms with E-state index in [1.807, 2.05) is 11.4 Å². The Balaban J connectivity index is 2.45. The van der Waals surface area contributed by atoms with Crippen LogP contribution in [-0.2, 0) is 0 Å². The average Bonchev–Trinajstić information content (AvgIpc) is 2.51. The third-order valence-electron chi connectivity index (χ3n) is 1.19. The molecule has 0 aliphatic rings. The molecule has 0 aromatic carbocycles. The Hall–Kier alpha value is -0.800. The summed E-state index contributed by atoms with van der Waals surface area (Å²) in [6, 6.07) is 3.59. The molecule has 4 heteroatoms. The Morgan fingerprint density at radius 1 is 1.75 bits per heavy atom. The van der Waals surface area contributed by atoms with E-state index in [-0.39, 0.29) is 5.91 Å². The first kappa shape index (κ1) is 9.29. The van der Waals surface area contributed by atoms with Crippen LogP contribution in [0.15, 0.2) is 29.1 Å². The minimum atomic E-state index is -0.105. The normalized spacial score (nSPS) is 9.42. The highest BCUT2D eigenvalue weighted by Gasteiger charge is 2.04. The standard InChI is InChI=1S/C8H8ClNOS/c1-6(9)5-10-8(11)7-3-2-4-12-7/h2-4H,1,5H2,(H,10,11). The summed E-state index contributed by atoms with van der Waals surface area (Å²) in [7, 11) is 0. The second kappa shape index (κ2) is 4.28. The lowest BCUT2D eigenvalue weighted by Gasteiger charge is -1.99. The molecule has 64 valence electrons. The molecule has 1 amide bonds. The first-order chi connectivity index (χ1) is 5.70. The Morgan fingerprint density at radius 2 is 2.50 bits per heavy atom. The van der Waals surface area contributed by atoms with Gasteiger partial charge in [-0.25, -0.2) is 0 Å². The van der Waals surface area contributed by atoms with Crippen LogP contribution in [0.4, 0.5) is 0 Å². The first-order valence-corrected chi connectivity index (χ1v) is 4.61. The Labute approximate surface area is 79.9 Å². The zero-order valence-electron chi connectivity index (χ0n) is 6.34. The minimum absolute atomic E-state index is 0.105. The molecule has 0 fully saturated rings. The molecule has 0 atom stereocenters. The zero-order valence-corrected chi connectivity index (χ0v) is 7.91. The monoisotopic (exact) mass is 201 g/mol. The van der Waals surface area contributed by atoms with Gasteiger partial charge in [-0.15, -0.1) is 11.3 Å². The van der Waals surface area contributed by atoms with Crippen molar-refractivity contribution in [2.24, 2.45) is 0 Å². The summed E-state index contributed by atoms with van der Waals surface area (Å²) in [5.41, 5.74) is 0. The molecular formula is C8H8ClNOS. The van der Waals surface area contributed by atoms with Crippen molar-refractivity contribution in [3.8, 4) is 0 Å². The number of hydrogen-bond acceptors (Lipinski definition) is 2. The van der Waals surface area contributed by atoms with Gasteiger partial charge in [0.2, 0.25) is 0 Å². The van der Waals surface area contributed by atoms with Crippen molar-refractivity contribution in [1.29, 1.82) is 0 Å². The molecular weight excluding hydrogens is 194 g/mol. The lowest BCUT2D eigenvalue weighted by Crippen LogP contribution is -2.23. The van der Waals surface area contributed by atoms with Crippen LogP contribution in [0.5, 0.6) is 0 Å². The molecule has 0 aliphatic heterocycles. The van der Waals surface area contributed by atoms with E-state index in [2.05, 4.69) is 11.9 Å². The topological polar surface area (TPSA) is 29.1 Å². The van der Waals surface area contributed by atoms with E-state index in [1.54, 1.807) is 6.07 Å². The van der Waals surface area contributed by atoms with Crippen LogP contribution in [0.25, 0.3) is 0 Å². The van der Waals surface area contributed by atoms with E-state index in [0.29, 0.717) is 16.5 Å². The van der Waals surface area contributed by atoms with Crippen LogP contribution in [0.3, 0.4) is 0 Å². The molecule has 0 bridgehead atoms. The van der Waals surface area contributed by atoms with E-state index in [9.17, 15) is 4.79 Å². The van der Waals surface area contributed by atoms with Gasteiger partial charge in [0.15, 0.2) is 0 Å². The van der Waals surface area contributed by atoms with Crippen molar-refractivity contribution in [3.63, 3.8) is 0 Å². The summed E-state index contributed by atoms with van der Waals surface area (Å²) in [4.78, 5) is 11.9. The van der Waals surface area contributed by atoms with Crippen molar-refractivity contribution >= 4 is 28.8 Å². The van der Waals surface area contributed by atoms with E-state index in [4.69, 9.17) is 11.6 Å². The molecule has 0 radical (unpaired) electrons. The van der Waals surface area contributed by atoms with Gasteiger partial charge in [-0.1, -0.05) is 24.2 Å². The van der Waals surface area contributed by atoms with Crippen molar-refractivity contribution in [2.75, 3.05) is 6.54 Å². The highest BCUT2D eigenvalue weighted by atomic mass is 35.5. The molecule has 12 heavy (non-hydrogen) atoms. The summed E-state index contributed by atoms with van der Waals surface area (Å²) in [5, 5.41) is 4.91. The van der Waals surface area contributed by atoms with Crippen molar-refractivity contribution < 1.29 is 4.79 Å². The number of halogens is 1. The Morgan fingerprint density at radius 3 is 3.00 bits per heavy atom. The molecule has 1 aromatic heterocycles. The van der Waals surface area contributed by atoms with Gasteiger partial charge in [-0.2, -0.15) is 0 Å². The van der Waals surface area contributed by atoms with E-state index < -0.39 is 0 Å². The summed E-state index contributed by atoms with van der Waals surface area (Å²) >= 11 is 6.88. The van der Waals surface area contributed by atoms with Gasteiger partial charge in [0.1, 0.15) is 0 Å².